The number of hydrogen-bond acceptors (Lipinski definition) is 2. The molecule has 2 aliphatic rings. The monoisotopic (exact) mass is 154 g/mol. The molecule has 2 fully saturated rings. The van der Waals surface area contributed by atoms with Crippen LogP contribution < -0.4 is 10.6 Å². The van der Waals surface area contributed by atoms with Crippen molar-refractivity contribution < 1.29 is 0 Å². The van der Waals surface area contributed by atoms with Crippen LogP contribution in [0.5, 0.6) is 0 Å². The Morgan fingerprint density at radius 1 is 1.27 bits per heavy atom. The van der Waals surface area contributed by atoms with Crippen molar-refractivity contribution in [2.24, 2.45) is 5.92 Å². The zero-order chi connectivity index (χ0) is 7.90. The molecule has 1 atom stereocenters. The van der Waals surface area contributed by atoms with Crippen LogP contribution in [-0.4, -0.2) is 24.7 Å². The van der Waals surface area contributed by atoms with Gasteiger partial charge in [-0.05, 0) is 32.6 Å². The molecule has 0 aromatic rings. The number of hydrogen-bond donors (Lipinski definition) is 2. The molecule has 0 aromatic heterocycles. The molecule has 64 valence electrons. The smallest absolute Gasteiger partial charge is 0.0250 e. The lowest BCUT2D eigenvalue weighted by molar-refractivity contribution is 0.258. The molecule has 2 rings (SSSR count). The first kappa shape index (κ1) is 7.56. The summed E-state index contributed by atoms with van der Waals surface area (Å²) >= 11 is 0. The van der Waals surface area contributed by atoms with E-state index in [9.17, 15) is 0 Å². The van der Waals surface area contributed by atoms with Crippen LogP contribution in [0, 0.1) is 5.92 Å². The van der Waals surface area contributed by atoms with Gasteiger partial charge in [0.1, 0.15) is 0 Å². The van der Waals surface area contributed by atoms with Gasteiger partial charge in [-0.3, -0.25) is 0 Å². The van der Waals surface area contributed by atoms with E-state index in [0.717, 1.165) is 25.0 Å². The maximum absolute atomic E-state index is 3.61. The largest absolute Gasteiger partial charge is 0.311 e. The second-order valence-corrected chi connectivity index (χ2v) is 4.59. The van der Waals surface area contributed by atoms with Gasteiger partial charge in [0.15, 0.2) is 0 Å². The SMILES string of the molecule is CC1(C)CNC(C2CC2)CN1. The first-order valence-corrected chi connectivity index (χ1v) is 4.66. The van der Waals surface area contributed by atoms with Crippen LogP contribution in [0.15, 0.2) is 0 Å². The van der Waals surface area contributed by atoms with Crippen LogP contribution in [0.2, 0.25) is 0 Å². The summed E-state index contributed by atoms with van der Waals surface area (Å²) in [6.07, 6.45) is 2.89. The van der Waals surface area contributed by atoms with Gasteiger partial charge >= 0.3 is 0 Å². The third-order valence-electron chi connectivity index (χ3n) is 2.80. The third-order valence-corrected chi connectivity index (χ3v) is 2.80. The zero-order valence-corrected chi connectivity index (χ0v) is 7.48. The number of rotatable bonds is 1. The highest BCUT2D eigenvalue weighted by molar-refractivity contribution is 4.96. The molecule has 1 aliphatic heterocycles. The average Bonchev–Trinajstić information content (AvgIpc) is 2.70. The second-order valence-electron chi connectivity index (χ2n) is 4.59. The summed E-state index contributed by atoms with van der Waals surface area (Å²) in [4.78, 5) is 0. The van der Waals surface area contributed by atoms with E-state index in [0.29, 0.717) is 5.54 Å². The lowest BCUT2D eigenvalue weighted by atomic mass is 9.99. The fourth-order valence-corrected chi connectivity index (χ4v) is 1.74. The summed E-state index contributed by atoms with van der Waals surface area (Å²) in [6.45, 7) is 6.79. The summed E-state index contributed by atoms with van der Waals surface area (Å²) in [6, 6.07) is 0.767. The van der Waals surface area contributed by atoms with Gasteiger partial charge in [-0.1, -0.05) is 0 Å². The number of nitrogens with one attached hydrogen (secondary N) is 2. The molecule has 1 heterocycles. The van der Waals surface area contributed by atoms with Crippen LogP contribution >= 0.6 is 0 Å². The minimum absolute atomic E-state index is 0.311. The predicted octanol–water partition coefficient (Wildman–Crippen LogP) is 0.736. The summed E-state index contributed by atoms with van der Waals surface area (Å²) in [5.41, 5.74) is 0.311. The lowest BCUT2D eigenvalue weighted by Crippen LogP contribution is -2.60. The Hall–Kier alpha value is -0.0800. The van der Waals surface area contributed by atoms with Gasteiger partial charge < -0.3 is 10.6 Å². The van der Waals surface area contributed by atoms with Crippen LogP contribution in [0.4, 0.5) is 0 Å². The van der Waals surface area contributed by atoms with Crippen molar-refractivity contribution in [3.63, 3.8) is 0 Å². The van der Waals surface area contributed by atoms with Crippen LogP contribution in [0.3, 0.4) is 0 Å². The van der Waals surface area contributed by atoms with Crippen LogP contribution in [0.1, 0.15) is 26.7 Å². The summed E-state index contributed by atoms with van der Waals surface area (Å²) < 4.78 is 0. The van der Waals surface area contributed by atoms with Gasteiger partial charge in [0.25, 0.3) is 0 Å². The molecule has 1 saturated heterocycles. The Balaban J connectivity index is 1.84. The molecule has 1 aliphatic carbocycles. The van der Waals surface area contributed by atoms with Gasteiger partial charge in [-0.15, -0.1) is 0 Å². The lowest BCUT2D eigenvalue weighted by Gasteiger charge is -2.37. The van der Waals surface area contributed by atoms with E-state index in [2.05, 4.69) is 24.5 Å². The average molecular weight is 154 g/mol. The van der Waals surface area contributed by atoms with Gasteiger partial charge in [-0.25, -0.2) is 0 Å². The van der Waals surface area contributed by atoms with Crippen molar-refractivity contribution in [2.75, 3.05) is 13.1 Å². The van der Waals surface area contributed by atoms with Gasteiger partial charge in [0, 0.05) is 24.7 Å². The molecule has 0 radical (unpaired) electrons. The van der Waals surface area contributed by atoms with E-state index >= 15 is 0 Å². The number of piperazine rings is 1. The Morgan fingerprint density at radius 2 is 2.00 bits per heavy atom. The van der Waals surface area contributed by atoms with E-state index in [1.807, 2.05) is 0 Å². The second kappa shape index (κ2) is 2.46. The highest BCUT2D eigenvalue weighted by atomic mass is 15.1. The Labute approximate surface area is 68.7 Å². The van der Waals surface area contributed by atoms with Crippen molar-refractivity contribution in [1.82, 2.24) is 10.6 Å². The third kappa shape index (κ3) is 1.74. The van der Waals surface area contributed by atoms with Crippen molar-refractivity contribution in [3.8, 4) is 0 Å². The molecule has 0 spiro atoms. The normalized spacial score (nSPS) is 37.1. The standard InChI is InChI=1S/C9H18N2/c1-9(2)6-10-8(5-11-9)7-3-4-7/h7-8,10-11H,3-6H2,1-2H3. The molecule has 1 saturated carbocycles. The molecule has 0 amide bonds. The summed E-state index contributed by atoms with van der Waals surface area (Å²) in [5, 5.41) is 7.18. The summed E-state index contributed by atoms with van der Waals surface area (Å²) in [5.74, 6) is 0.985. The fraction of sp³-hybridized carbons (Fsp3) is 1.00. The Kier molecular flexibility index (Phi) is 1.69. The maximum Gasteiger partial charge on any atom is 0.0250 e. The van der Waals surface area contributed by atoms with Gasteiger partial charge in [0.2, 0.25) is 0 Å². The molecular weight excluding hydrogens is 136 g/mol. The first-order chi connectivity index (χ1) is 5.17. The van der Waals surface area contributed by atoms with Crippen molar-refractivity contribution in [2.45, 2.75) is 38.3 Å². The fourth-order valence-electron chi connectivity index (χ4n) is 1.74. The Morgan fingerprint density at radius 3 is 2.45 bits per heavy atom. The molecule has 11 heavy (non-hydrogen) atoms. The minimum atomic E-state index is 0.311. The Bertz CT molecular complexity index is 140. The highest BCUT2D eigenvalue weighted by Gasteiger charge is 2.35. The van der Waals surface area contributed by atoms with E-state index in [1.165, 1.54) is 12.8 Å². The molecular formula is C9H18N2. The van der Waals surface area contributed by atoms with Crippen molar-refractivity contribution in [3.05, 3.63) is 0 Å². The molecule has 0 bridgehead atoms. The molecule has 0 aromatic carbocycles. The van der Waals surface area contributed by atoms with E-state index in [1.54, 1.807) is 0 Å². The first-order valence-electron chi connectivity index (χ1n) is 4.66. The zero-order valence-electron chi connectivity index (χ0n) is 7.48. The topological polar surface area (TPSA) is 24.1 Å². The van der Waals surface area contributed by atoms with E-state index in [4.69, 9.17) is 0 Å². The molecule has 2 N–H and O–H groups in total. The highest BCUT2D eigenvalue weighted by Crippen LogP contribution is 2.33. The maximum atomic E-state index is 3.61. The van der Waals surface area contributed by atoms with Gasteiger partial charge in [-0.2, -0.15) is 0 Å². The predicted molar refractivity (Wildman–Crippen MR) is 46.6 cm³/mol. The molecule has 1 unspecified atom stereocenters. The van der Waals surface area contributed by atoms with Crippen molar-refractivity contribution in [1.29, 1.82) is 0 Å². The van der Waals surface area contributed by atoms with E-state index in [-0.39, 0.29) is 0 Å². The quantitative estimate of drug-likeness (QED) is 0.582. The molecule has 2 nitrogen and oxygen atoms in total. The molecule has 2 heteroatoms. The minimum Gasteiger partial charge on any atom is -0.311 e. The van der Waals surface area contributed by atoms with Gasteiger partial charge in [0.05, 0.1) is 0 Å². The van der Waals surface area contributed by atoms with Crippen molar-refractivity contribution >= 4 is 0 Å². The van der Waals surface area contributed by atoms with Crippen LogP contribution in [-0.2, 0) is 0 Å². The van der Waals surface area contributed by atoms with E-state index < -0.39 is 0 Å². The summed E-state index contributed by atoms with van der Waals surface area (Å²) in [7, 11) is 0. The van der Waals surface area contributed by atoms with Crippen LogP contribution in [0.25, 0.3) is 0 Å².